The van der Waals surface area contributed by atoms with E-state index in [0.29, 0.717) is 0 Å². The maximum Gasteiger partial charge on any atom is 0.673 e. The molecule has 0 N–H and O–H groups in total. The summed E-state index contributed by atoms with van der Waals surface area (Å²) in [5, 5.41) is 4.22. The van der Waals surface area contributed by atoms with Gasteiger partial charge in [0.1, 0.15) is 10.8 Å². The molecule has 0 saturated carbocycles. The molecule has 0 aromatic carbocycles. The predicted octanol–water partition coefficient (Wildman–Crippen LogP) is 4.11. The van der Waals surface area contributed by atoms with Crippen molar-refractivity contribution in [1.29, 1.82) is 0 Å². The molecule has 0 atom stereocenters. The van der Waals surface area contributed by atoms with Crippen LogP contribution < -0.4 is 0 Å². The Bertz CT molecular complexity index is 191. The van der Waals surface area contributed by atoms with Gasteiger partial charge in [0.05, 0.1) is 22.7 Å². The van der Waals surface area contributed by atoms with Crippen LogP contribution in [-0.2, 0) is 0 Å². The molecule has 0 aliphatic heterocycles. The summed E-state index contributed by atoms with van der Waals surface area (Å²) in [7, 11) is -6.00. The van der Waals surface area contributed by atoms with E-state index in [1.54, 1.807) is 22.7 Å². The SMILES string of the molecule is CSc1scc[s+]1.F[B-](F)(F)F. The fraction of sp³-hybridized carbons (Fsp3) is 0.250. The van der Waals surface area contributed by atoms with Crippen LogP contribution >= 0.6 is 34.4 Å². The molecule has 1 aromatic heterocycles. The van der Waals surface area contributed by atoms with Crippen LogP contribution in [0.5, 0.6) is 0 Å². The zero-order chi connectivity index (χ0) is 9.61. The molecule has 0 nitrogen and oxygen atoms in total. The van der Waals surface area contributed by atoms with Crippen molar-refractivity contribution >= 4 is 41.7 Å². The van der Waals surface area contributed by atoms with E-state index in [2.05, 4.69) is 17.0 Å². The van der Waals surface area contributed by atoms with Crippen molar-refractivity contribution in [1.82, 2.24) is 0 Å². The molecular weight excluding hydrogens is 231 g/mol. The normalized spacial score (nSPS) is 10.4. The van der Waals surface area contributed by atoms with Gasteiger partial charge in [-0.15, -0.1) is 0 Å². The van der Waals surface area contributed by atoms with Gasteiger partial charge in [-0.3, -0.25) is 0 Å². The van der Waals surface area contributed by atoms with E-state index < -0.39 is 7.25 Å². The number of hydrogen-bond donors (Lipinski definition) is 0. The van der Waals surface area contributed by atoms with E-state index in [-0.39, 0.29) is 0 Å². The molecule has 0 unspecified atom stereocenters. The summed E-state index contributed by atoms with van der Waals surface area (Å²) < 4.78 is 40.4. The van der Waals surface area contributed by atoms with Crippen molar-refractivity contribution in [3.63, 3.8) is 0 Å². The van der Waals surface area contributed by atoms with E-state index in [0.717, 1.165) is 0 Å². The number of rotatable bonds is 1. The molecule has 0 aliphatic carbocycles. The van der Waals surface area contributed by atoms with Crippen LogP contribution in [0.3, 0.4) is 0 Å². The highest BCUT2D eigenvalue weighted by Gasteiger charge is 2.20. The molecule has 1 aromatic rings. The Hall–Kier alpha value is 0.185. The van der Waals surface area contributed by atoms with Gasteiger partial charge in [-0.25, -0.2) is 0 Å². The van der Waals surface area contributed by atoms with Gasteiger partial charge in [0.25, 0.3) is 0 Å². The summed E-state index contributed by atoms with van der Waals surface area (Å²) in [6.45, 7) is 0. The maximum atomic E-state index is 9.75. The Kier molecular flexibility index (Phi) is 5.86. The van der Waals surface area contributed by atoms with Crippen molar-refractivity contribution in [3.8, 4) is 0 Å². The van der Waals surface area contributed by atoms with Crippen molar-refractivity contribution < 1.29 is 17.3 Å². The van der Waals surface area contributed by atoms with E-state index in [1.165, 1.54) is 3.52 Å². The maximum absolute atomic E-state index is 9.75. The summed E-state index contributed by atoms with van der Waals surface area (Å²) in [5.74, 6) is 0. The van der Waals surface area contributed by atoms with E-state index >= 15 is 0 Å². The molecule has 0 fully saturated rings. The Morgan fingerprint density at radius 1 is 1.42 bits per heavy atom. The second-order valence-electron chi connectivity index (χ2n) is 1.46. The fourth-order valence-corrected chi connectivity index (χ4v) is 2.62. The minimum absolute atomic E-state index is 1.43. The van der Waals surface area contributed by atoms with E-state index in [9.17, 15) is 17.3 Å². The zero-order valence-corrected chi connectivity index (χ0v) is 8.42. The molecule has 0 aliphatic rings. The molecular formula is C4H5BF4S3. The molecule has 0 saturated heterocycles. The Morgan fingerprint density at radius 2 is 1.92 bits per heavy atom. The molecule has 12 heavy (non-hydrogen) atoms. The molecule has 0 bridgehead atoms. The van der Waals surface area contributed by atoms with Gasteiger partial charge in [0.2, 0.25) is 0 Å². The highest BCUT2D eigenvalue weighted by Crippen LogP contribution is 2.25. The topological polar surface area (TPSA) is 0 Å². The lowest BCUT2D eigenvalue weighted by Crippen LogP contribution is -2.02. The average molecular weight is 236 g/mol. The largest absolute Gasteiger partial charge is 0.673 e. The molecule has 8 heteroatoms. The van der Waals surface area contributed by atoms with Crippen LogP contribution in [0.2, 0.25) is 0 Å². The predicted molar refractivity (Wildman–Crippen MR) is 48.6 cm³/mol. The zero-order valence-electron chi connectivity index (χ0n) is 5.97. The fourth-order valence-electron chi connectivity index (χ4n) is 0.291. The lowest BCUT2D eigenvalue weighted by molar-refractivity contribution is 0.368. The molecule has 0 radical (unpaired) electrons. The first-order valence-corrected chi connectivity index (χ1v) is 5.68. The second kappa shape index (κ2) is 5.77. The first-order valence-electron chi connectivity index (χ1n) is 2.70. The minimum Gasteiger partial charge on any atom is -0.418 e. The van der Waals surface area contributed by atoms with E-state index in [1.807, 2.05) is 11.8 Å². The molecule has 1 heterocycles. The third kappa shape index (κ3) is 10.2. The molecule has 1 rings (SSSR count). The van der Waals surface area contributed by atoms with Crippen LogP contribution in [0.4, 0.5) is 17.3 Å². The summed E-state index contributed by atoms with van der Waals surface area (Å²) in [5.41, 5.74) is 0. The van der Waals surface area contributed by atoms with Gasteiger partial charge < -0.3 is 17.3 Å². The monoisotopic (exact) mass is 236 g/mol. The average Bonchev–Trinajstić information content (AvgIpc) is 2.33. The number of halogens is 4. The Labute approximate surface area is 79.7 Å². The van der Waals surface area contributed by atoms with Crippen LogP contribution in [-0.4, -0.2) is 13.5 Å². The van der Waals surface area contributed by atoms with Crippen LogP contribution in [0, 0.1) is 0 Å². The standard InChI is InChI=1S/C4H5S3.BF4/c1-5-4-6-2-3-7-4;2-1(3,4)5/h2-3H,1H3;/q+1;-1. The smallest absolute Gasteiger partial charge is 0.418 e. The minimum atomic E-state index is -6.00. The van der Waals surface area contributed by atoms with Crippen molar-refractivity contribution in [2.45, 2.75) is 3.52 Å². The molecule has 0 spiro atoms. The third-order valence-corrected chi connectivity index (χ3v) is 4.14. The van der Waals surface area contributed by atoms with Gasteiger partial charge in [-0.05, 0) is 6.26 Å². The van der Waals surface area contributed by atoms with Gasteiger partial charge >= 0.3 is 10.8 Å². The quantitative estimate of drug-likeness (QED) is 0.306. The Balaban J connectivity index is 0.000000217. The first kappa shape index (κ1) is 12.2. The van der Waals surface area contributed by atoms with Crippen LogP contribution in [0.25, 0.3) is 0 Å². The first-order chi connectivity index (χ1) is 5.43. The molecule has 70 valence electrons. The number of thioether (sulfide) groups is 1. The second-order valence-corrected chi connectivity index (χ2v) is 4.88. The van der Waals surface area contributed by atoms with Gasteiger partial charge in [-0.2, -0.15) is 0 Å². The van der Waals surface area contributed by atoms with Gasteiger partial charge in [0.15, 0.2) is 0 Å². The van der Waals surface area contributed by atoms with Gasteiger partial charge in [-0.1, -0.05) is 11.8 Å². The summed E-state index contributed by atoms with van der Waals surface area (Å²) in [4.78, 5) is 0. The summed E-state index contributed by atoms with van der Waals surface area (Å²) in [6, 6.07) is 0. The lowest BCUT2D eigenvalue weighted by atomic mass is 10.3. The van der Waals surface area contributed by atoms with Crippen molar-refractivity contribution in [2.75, 3.05) is 6.26 Å². The lowest BCUT2D eigenvalue weighted by Gasteiger charge is -1.94. The number of hydrogen-bond acceptors (Lipinski definition) is 2. The van der Waals surface area contributed by atoms with Crippen molar-refractivity contribution in [3.05, 3.63) is 10.8 Å². The highest BCUT2D eigenvalue weighted by molar-refractivity contribution is 8.02. The third-order valence-electron chi connectivity index (χ3n) is 0.551. The van der Waals surface area contributed by atoms with Crippen molar-refractivity contribution in [2.24, 2.45) is 0 Å². The van der Waals surface area contributed by atoms with Gasteiger partial charge in [0, 0.05) is 0 Å². The Morgan fingerprint density at radius 3 is 2.08 bits per heavy atom. The van der Waals surface area contributed by atoms with E-state index in [4.69, 9.17) is 0 Å². The summed E-state index contributed by atoms with van der Waals surface area (Å²) in [6.07, 6.45) is 2.10. The molecule has 0 amide bonds. The highest BCUT2D eigenvalue weighted by atomic mass is 32.2. The van der Waals surface area contributed by atoms with Crippen LogP contribution in [0.1, 0.15) is 0 Å². The van der Waals surface area contributed by atoms with Crippen LogP contribution in [0.15, 0.2) is 14.3 Å². The summed E-state index contributed by atoms with van der Waals surface area (Å²) >= 11 is 5.42.